The van der Waals surface area contributed by atoms with Gasteiger partial charge in [0.15, 0.2) is 0 Å². The van der Waals surface area contributed by atoms with Gasteiger partial charge in [-0.3, -0.25) is 10.5 Å². The van der Waals surface area contributed by atoms with Crippen molar-refractivity contribution in [2.75, 3.05) is 0 Å². The van der Waals surface area contributed by atoms with Gasteiger partial charge in [-0.25, -0.2) is 0 Å². The molecule has 0 aromatic carbocycles. The van der Waals surface area contributed by atoms with E-state index in [4.69, 9.17) is 10.5 Å². The third-order valence-corrected chi connectivity index (χ3v) is 0. The number of hydrogen-bond acceptors (Lipinski definition) is 2. The molecular weight excluding hydrogens is 362 g/mol. The van der Waals surface area contributed by atoms with Gasteiger partial charge in [0, 0.05) is 75.5 Å². The average Bonchev–Trinajstić information content (AvgIpc) is 1.00. The standard InChI is InChI=1S/2Ho.H2O2/c;;1-2/h;;1-2H. The van der Waals surface area contributed by atoms with Crippen LogP contribution in [0.25, 0.3) is 0 Å². The third kappa shape index (κ3) is 8.83. The molecule has 0 spiro atoms. The zero-order valence-corrected chi connectivity index (χ0v) is 5.37. The van der Waals surface area contributed by atoms with Gasteiger partial charge in [0.1, 0.15) is 0 Å². The van der Waals surface area contributed by atoms with Gasteiger partial charge in [0.05, 0.1) is 0 Å². The molecule has 2 nitrogen and oxygen atoms in total. The van der Waals surface area contributed by atoms with Crippen molar-refractivity contribution in [2.45, 2.75) is 0 Å². The van der Waals surface area contributed by atoms with E-state index in [1.165, 1.54) is 0 Å². The Balaban J connectivity index is -0.00000000500. The summed E-state index contributed by atoms with van der Waals surface area (Å²) < 4.78 is 0. The van der Waals surface area contributed by atoms with E-state index >= 15 is 0 Å². The average molecular weight is 364 g/mol. The van der Waals surface area contributed by atoms with Crippen LogP contribution in [0, 0.1) is 75.5 Å². The second kappa shape index (κ2) is 18.0. The summed E-state index contributed by atoms with van der Waals surface area (Å²) in [6.45, 7) is 0. The van der Waals surface area contributed by atoms with Gasteiger partial charge in [-0.2, -0.15) is 0 Å². The molecule has 4 heteroatoms. The van der Waals surface area contributed by atoms with Crippen molar-refractivity contribution in [2.24, 2.45) is 0 Å². The van der Waals surface area contributed by atoms with Crippen LogP contribution in [-0.4, -0.2) is 10.5 Å². The minimum Gasteiger partial charge on any atom is -0.255 e. The van der Waals surface area contributed by atoms with Crippen molar-refractivity contribution >= 4 is 0 Å². The van der Waals surface area contributed by atoms with E-state index in [2.05, 4.69) is 0 Å². The molecule has 0 fully saturated rings. The molecule has 0 aromatic heterocycles. The van der Waals surface area contributed by atoms with E-state index in [1.807, 2.05) is 0 Å². The molecule has 0 saturated carbocycles. The Labute approximate surface area is 84.1 Å². The Morgan fingerprint density at radius 3 is 0.750 bits per heavy atom. The third-order valence-electron chi connectivity index (χ3n) is 0. The van der Waals surface area contributed by atoms with Crippen molar-refractivity contribution < 1.29 is 86.0 Å². The summed E-state index contributed by atoms with van der Waals surface area (Å²) in [5.74, 6) is 0. The summed E-state index contributed by atoms with van der Waals surface area (Å²) in [5.41, 5.74) is 0. The molecule has 0 rings (SSSR count). The second-order valence-corrected chi connectivity index (χ2v) is 0. The molecule has 36 valence electrons. The van der Waals surface area contributed by atoms with Gasteiger partial charge < -0.3 is 0 Å². The SMILES string of the molecule is OO.[Ho].[Ho]. The fourth-order valence-corrected chi connectivity index (χ4v) is 0. The molecular formula is H2Ho2O2. The molecule has 2 radical (unpaired) electrons. The van der Waals surface area contributed by atoms with E-state index in [0.29, 0.717) is 0 Å². The zero-order chi connectivity index (χ0) is 2.00. The summed E-state index contributed by atoms with van der Waals surface area (Å²) in [4.78, 5) is 0. The van der Waals surface area contributed by atoms with Crippen molar-refractivity contribution in [1.29, 1.82) is 0 Å². The van der Waals surface area contributed by atoms with Crippen LogP contribution >= 0.6 is 0 Å². The van der Waals surface area contributed by atoms with Crippen LogP contribution in [-0.2, 0) is 0 Å². The first-order valence-corrected chi connectivity index (χ1v) is 0.200. The molecule has 0 heterocycles. The molecule has 0 amide bonds. The van der Waals surface area contributed by atoms with Gasteiger partial charge in [-0.05, 0) is 0 Å². The monoisotopic (exact) mass is 364 g/mol. The van der Waals surface area contributed by atoms with Crippen molar-refractivity contribution in [1.82, 2.24) is 0 Å². The molecule has 0 bridgehead atoms. The summed E-state index contributed by atoms with van der Waals surface area (Å²) in [6.07, 6.45) is 0. The maximum atomic E-state index is 6.00. The fourth-order valence-electron chi connectivity index (χ4n) is 0. The van der Waals surface area contributed by atoms with Crippen molar-refractivity contribution in [3.63, 3.8) is 0 Å². The first-order chi connectivity index (χ1) is 1.00. The molecule has 4 heavy (non-hydrogen) atoms. The number of hydrogen-bond donors (Lipinski definition) is 2. The van der Waals surface area contributed by atoms with E-state index < -0.39 is 0 Å². The van der Waals surface area contributed by atoms with E-state index in [1.54, 1.807) is 0 Å². The van der Waals surface area contributed by atoms with Crippen LogP contribution in [0.2, 0.25) is 0 Å². The minimum atomic E-state index is 0. The van der Waals surface area contributed by atoms with Crippen LogP contribution in [0.1, 0.15) is 0 Å². The van der Waals surface area contributed by atoms with Crippen molar-refractivity contribution in [3.8, 4) is 0 Å². The van der Waals surface area contributed by atoms with Crippen LogP contribution < -0.4 is 0 Å². The quantitative estimate of drug-likeness (QED) is 0.362. The molecule has 0 aliphatic rings. The van der Waals surface area contributed by atoms with E-state index in [0.717, 1.165) is 0 Å². The first-order valence-electron chi connectivity index (χ1n) is 0.200. The maximum Gasteiger partial charge on any atom is 0 e. The smallest absolute Gasteiger partial charge is 0 e. The van der Waals surface area contributed by atoms with Crippen LogP contribution in [0.4, 0.5) is 0 Å². The largest absolute Gasteiger partial charge is 0.255 e. The van der Waals surface area contributed by atoms with Crippen LogP contribution in [0.15, 0.2) is 0 Å². The van der Waals surface area contributed by atoms with Gasteiger partial charge in [0.25, 0.3) is 0 Å². The van der Waals surface area contributed by atoms with Gasteiger partial charge >= 0.3 is 0 Å². The van der Waals surface area contributed by atoms with E-state index in [-0.39, 0.29) is 75.5 Å². The predicted octanol–water partition coefficient (Wildman–Crippen LogP) is 0.0174. The topological polar surface area (TPSA) is 40.5 Å². The molecule has 0 unspecified atom stereocenters. The molecule has 0 atom stereocenters. The van der Waals surface area contributed by atoms with Crippen LogP contribution in [0.3, 0.4) is 0 Å². The van der Waals surface area contributed by atoms with E-state index in [9.17, 15) is 0 Å². The predicted molar refractivity (Wildman–Crippen MR) is 5.26 cm³/mol. The van der Waals surface area contributed by atoms with Crippen LogP contribution in [0.5, 0.6) is 0 Å². The molecule has 0 aromatic rings. The maximum absolute atomic E-state index is 6.00. The molecule has 0 saturated heterocycles. The van der Waals surface area contributed by atoms with Gasteiger partial charge in [0.2, 0.25) is 0 Å². The molecule has 0 aliphatic carbocycles. The Kier molecular flexibility index (Phi) is 72.5. The minimum absolute atomic E-state index is 0. The Morgan fingerprint density at radius 2 is 0.750 bits per heavy atom. The zero-order valence-electron chi connectivity index (χ0n) is 1.50. The number of rotatable bonds is 0. The molecule has 0 aliphatic heterocycles. The summed E-state index contributed by atoms with van der Waals surface area (Å²) in [5, 5.41) is 12.0. The van der Waals surface area contributed by atoms with Crippen molar-refractivity contribution in [3.05, 3.63) is 0 Å². The fraction of sp³-hybridized carbons (Fsp3) is 0. The van der Waals surface area contributed by atoms with Gasteiger partial charge in [-0.15, -0.1) is 0 Å². The van der Waals surface area contributed by atoms with Gasteiger partial charge in [-0.1, -0.05) is 0 Å². The Hall–Kier alpha value is 2.44. The Morgan fingerprint density at radius 1 is 0.750 bits per heavy atom. The summed E-state index contributed by atoms with van der Waals surface area (Å²) >= 11 is 0. The first kappa shape index (κ1) is 16.1. The summed E-state index contributed by atoms with van der Waals surface area (Å²) in [6, 6.07) is 0. The normalized spacial score (nSPS) is 1.50. The molecule has 2 N–H and O–H groups in total. The summed E-state index contributed by atoms with van der Waals surface area (Å²) in [7, 11) is 0. The Bertz CT molecular complexity index is 4.00. The second-order valence-electron chi connectivity index (χ2n) is 0.